The van der Waals surface area contributed by atoms with Gasteiger partial charge in [0.25, 0.3) is 0 Å². The summed E-state index contributed by atoms with van der Waals surface area (Å²) < 4.78 is 20.2. The molecule has 1 aromatic carbocycles. The van der Waals surface area contributed by atoms with Crippen LogP contribution in [-0.4, -0.2) is 27.8 Å². The minimum absolute atomic E-state index is 0.269. The minimum Gasteiger partial charge on any atom is -0.467 e. The number of carbonyl (C=O) groups is 1. The number of amides is 2. The lowest BCUT2D eigenvalue weighted by molar-refractivity contribution is 0.200. The van der Waals surface area contributed by atoms with E-state index >= 15 is 0 Å². The summed E-state index contributed by atoms with van der Waals surface area (Å²) in [6.45, 7) is 0.349. The normalized spacial score (nSPS) is 12.0. The first-order chi connectivity index (χ1) is 12.0. The summed E-state index contributed by atoms with van der Waals surface area (Å²) in [7, 11) is 3.49. The molecule has 2 aromatic heterocycles. The Morgan fingerprint density at radius 2 is 2.08 bits per heavy atom. The number of furan rings is 1. The molecule has 0 aliphatic heterocycles. The van der Waals surface area contributed by atoms with Gasteiger partial charge in [0.15, 0.2) is 0 Å². The molecule has 0 unspecified atom stereocenters. The Labute approximate surface area is 144 Å². The first kappa shape index (κ1) is 16.8. The van der Waals surface area contributed by atoms with Crippen molar-refractivity contribution >= 4 is 6.03 Å². The highest BCUT2D eigenvalue weighted by Crippen LogP contribution is 2.22. The fraction of sp³-hybridized carbons (Fsp3) is 0.222. The van der Waals surface area contributed by atoms with Crippen LogP contribution in [0.3, 0.4) is 0 Å². The summed E-state index contributed by atoms with van der Waals surface area (Å²) in [5, 5.41) is 7.12. The van der Waals surface area contributed by atoms with Crippen molar-refractivity contribution in [3.8, 4) is 0 Å². The van der Waals surface area contributed by atoms with E-state index in [9.17, 15) is 9.18 Å². The van der Waals surface area contributed by atoms with E-state index in [1.54, 1.807) is 49.4 Å². The third kappa shape index (κ3) is 4.06. The molecule has 0 spiro atoms. The molecule has 0 aliphatic carbocycles. The Kier molecular flexibility index (Phi) is 4.83. The topological polar surface area (TPSA) is 63.3 Å². The van der Waals surface area contributed by atoms with Crippen LogP contribution in [0.1, 0.15) is 22.9 Å². The molecule has 1 atom stereocenters. The maximum absolute atomic E-state index is 13.2. The van der Waals surface area contributed by atoms with Crippen molar-refractivity contribution in [3.63, 3.8) is 0 Å². The highest BCUT2D eigenvalue weighted by atomic mass is 19.1. The van der Waals surface area contributed by atoms with E-state index < -0.39 is 6.04 Å². The molecule has 2 amide bonds. The number of nitrogens with one attached hydrogen (secondary N) is 1. The van der Waals surface area contributed by atoms with Crippen LogP contribution in [-0.2, 0) is 13.6 Å². The van der Waals surface area contributed by atoms with Crippen LogP contribution in [0.4, 0.5) is 9.18 Å². The van der Waals surface area contributed by atoms with Gasteiger partial charge in [0.05, 0.1) is 25.0 Å². The maximum atomic E-state index is 13.2. The highest BCUT2D eigenvalue weighted by Gasteiger charge is 2.21. The second-order valence-electron chi connectivity index (χ2n) is 5.82. The Balaban J connectivity index is 1.79. The van der Waals surface area contributed by atoms with E-state index in [0.29, 0.717) is 12.3 Å². The van der Waals surface area contributed by atoms with Crippen LogP contribution in [0, 0.1) is 5.82 Å². The van der Waals surface area contributed by atoms with Gasteiger partial charge in [-0.3, -0.25) is 4.68 Å². The van der Waals surface area contributed by atoms with Gasteiger partial charge in [-0.1, -0.05) is 12.1 Å². The van der Waals surface area contributed by atoms with Crippen molar-refractivity contribution < 1.29 is 13.6 Å². The molecule has 0 aliphatic rings. The van der Waals surface area contributed by atoms with Crippen molar-refractivity contribution in [2.45, 2.75) is 12.6 Å². The van der Waals surface area contributed by atoms with Crippen molar-refractivity contribution in [2.24, 2.45) is 7.05 Å². The Bertz CT molecular complexity index is 827. The number of carbonyl (C=O) groups excluding carboxylic acids is 1. The number of nitrogens with zero attached hydrogens (tertiary/aromatic N) is 3. The lowest BCUT2D eigenvalue weighted by Gasteiger charge is -2.23. The first-order valence-corrected chi connectivity index (χ1v) is 7.81. The zero-order valence-electron chi connectivity index (χ0n) is 14.0. The summed E-state index contributed by atoms with van der Waals surface area (Å²) in [6.07, 6.45) is 5.07. The number of halogens is 1. The van der Waals surface area contributed by atoms with Crippen LogP contribution in [0.15, 0.2) is 59.5 Å². The molecule has 0 saturated heterocycles. The first-order valence-electron chi connectivity index (χ1n) is 7.81. The lowest BCUT2D eigenvalue weighted by atomic mass is 10.0. The van der Waals surface area contributed by atoms with E-state index in [4.69, 9.17) is 4.42 Å². The number of aryl methyl sites for hydroxylation is 1. The van der Waals surface area contributed by atoms with Gasteiger partial charge in [-0.15, -0.1) is 0 Å². The van der Waals surface area contributed by atoms with Crippen molar-refractivity contribution in [3.05, 3.63) is 77.8 Å². The average molecular weight is 342 g/mol. The Hall–Kier alpha value is -3.09. The van der Waals surface area contributed by atoms with Gasteiger partial charge in [-0.05, 0) is 29.8 Å². The largest absolute Gasteiger partial charge is 0.467 e. The number of hydrogen-bond donors (Lipinski definition) is 1. The summed E-state index contributed by atoms with van der Waals surface area (Å²) >= 11 is 0. The molecule has 25 heavy (non-hydrogen) atoms. The third-order valence-corrected chi connectivity index (χ3v) is 3.85. The Morgan fingerprint density at radius 3 is 2.68 bits per heavy atom. The SMILES string of the molecule is CN(Cc1ccco1)C(=O)N[C@@H](c1ccc(F)cc1)c1cnn(C)c1. The smallest absolute Gasteiger partial charge is 0.318 e. The van der Waals surface area contributed by atoms with E-state index in [-0.39, 0.29) is 11.8 Å². The van der Waals surface area contributed by atoms with E-state index in [2.05, 4.69) is 10.4 Å². The molecule has 130 valence electrons. The average Bonchev–Trinajstić information content (AvgIpc) is 3.25. The molecule has 7 heteroatoms. The van der Waals surface area contributed by atoms with Gasteiger partial charge < -0.3 is 14.6 Å². The molecule has 0 fully saturated rings. The molecule has 2 heterocycles. The zero-order valence-corrected chi connectivity index (χ0v) is 14.0. The predicted molar refractivity (Wildman–Crippen MR) is 90.2 cm³/mol. The van der Waals surface area contributed by atoms with E-state index in [0.717, 1.165) is 11.1 Å². The molecule has 0 bridgehead atoms. The molecule has 0 saturated carbocycles. The summed E-state index contributed by atoms with van der Waals surface area (Å²) in [5.74, 6) is 0.368. The molecular weight excluding hydrogens is 323 g/mol. The van der Waals surface area contributed by atoms with Crippen molar-refractivity contribution in [1.29, 1.82) is 0 Å². The Morgan fingerprint density at radius 1 is 1.32 bits per heavy atom. The van der Waals surface area contributed by atoms with E-state index in [1.165, 1.54) is 17.0 Å². The molecule has 6 nitrogen and oxygen atoms in total. The fourth-order valence-electron chi connectivity index (χ4n) is 2.55. The minimum atomic E-state index is -0.430. The van der Waals surface area contributed by atoms with Crippen LogP contribution in [0.5, 0.6) is 0 Å². The fourth-order valence-corrected chi connectivity index (χ4v) is 2.55. The number of benzene rings is 1. The van der Waals surface area contributed by atoms with Crippen molar-refractivity contribution in [2.75, 3.05) is 7.05 Å². The highest BCUT2D eigenvalue weighted by molar-refractivity contribution is 5.75. The molecule has 3 rings (SSSR count). The predicted octanol–water partition coefficient (Wildman–Crippen LogP) is 3.08. The molecular formula is C18H19FN4O2. The number of hydrogen-bond acceptors (Lipinski definition) is 3. The maximum Gasteiger partial charge on any atom is 0.318 e. The van der Waals surface area contributed by atoms with Crippen LogP contribution in [0.25, 0.3) is 0 Å². The second-order valence-corrected chi connectivity index (χ2v) is 5.82. The quantitative estimate of drug-likeness (QED) is 0.775. The summed E-state index contributed by atoms with van der Waals surface area (Å²) in [4.78, 5) is 14.1. The van der Waals surface area contributed by atoms with Gasteiger partial charge in [-0.25, -0.2) is 9.18 Å². The van der Waals surface area contributed by atoms with Crippen molar-refractivity contribution in [1.82, 2.24) is 20.0 Å². The standard InChI is InChI=1S/C18H19FN4O2/c1-22(12-16-4-3-9-25-16)18(24)21-17(14-10-20-23(2)11-14)13-5-7-15(19)8-6-13/h3-11,17H,12H2,1-2H3,(H,21,24)/t17-/m0/s1. The number of rotatable bonds is 5. The molecule has 3 aromatic rings. The third-order valence-electron chi connectivity index (χ3n) is 3.85. The van der Waals surface area contributed by atoms with Crippen LogP contribution in [0.2, 0.25) is 0 Å². The van der Waals surface area contributed by atoms with Crippen LogP contribution < -0.4 is 5.32 Å². The van der Waals surface area contributed by atoms with E-state index in [1.807, 2.05) is 12.3 Å². The van der Waals surface area contributed by atoms with Gasteiger partial charge >= 0.3 is 6.03 Å². The summed E-state index contributed by atoms with van der Waals surface area (Å²) in [6, 6.07) is 8.94. The zero-order chi connectivity index (χ0) is 17.8. The summed E-state index contributed by atoms with van der Waals surface area (Å²) in [5.41, 5.74) is 1.59. The molecule has 0 radical (unpaired) electrons. The van der Waals surface area contributed by atoms with Gasteiger partial charge in [0.2, 0.25) is 0 Å². The van der Waals surface area contributed by atoms with Gasteiger partial charge in [0.1, 0.15) is 11.6 Å². The van der Waals surface area contributed by atoms with Gasteiger partial charge in [-0.2, -0.15) is 5.10 Å². The number of urea groups is 1. The number of aromatic nitrogens is 2. The molecule has 1 N–H and O–H groups in total. The van der Waals surface area contributed by atoms with Crippen LogP contribution >= 0.6 is 0 Å². The monoisotopic (exact) mass is 342 g/mol. The lowest BCUT2D eigenvalue weighted by Crippen LogP contribution is -2.39. The van der Waals surface area contributed by atoms with Gasteiger partial charge in [0, 0.05) is 25.9 Å². The second kappa shape index (κ2) is 7.21.